The van der Waals surface area contributed by atoms with Crippen LogP contribution in [0.2, 0.25) is 0 Å². The Bertz CT molecular complexity index is 1040. The van der Waals surface area contributed by atoms with Gasteiger partial charge in [0.15, 0.2) is 0 Å². The van der Waals surface area contributed by atoms with Gasteiger partial charge in [0, 0.05) is 17.9 Å². The van der Waals surface area contributed by atoms with E-state index in [4.69, 9.17) is 10.1 Å². The largest absolute Gasteiger partial charge is 0.354 e. The van der Waals surface area contributed by atoms with E-state index in [9.17, 15) is 9.00 Å². The maximum Gasteiger partial charge on any atom is 0.354 e. The standard InChI is InChI=1S/C21H27N5O2S/c1-26(2)13-14-9-11-15(12-10-14)29(22,28)25-21(27)24-20-16-5-3-7-18(16)23-19-8-4-6-17(19)20/h9-12H,3-8,13H2,1-2H3,(H3,22,23,24,25,27,28)/t29-/m0/s1. The summed E-state index contributed by atoms with van der Waals surface area (Å²) in [6.07, 6.45) is 5.76. The Morgan fingerprint density at radius 1 is 1.10 bits per heavy atom. The fraction of sp³-hybridized carbons (Fsp3) is 0.429. The van der Waals surface area contributed by atoms with Crippen LogP contribution in [0.3, 0.4) is 0 Å². The van der Waals surface area contributed by atoms with Gasteiger partial charge < -0.3 is 10.2 Å². The molecule has 2 aliphatic rings. The molecule has 154 valence electrons. The number of nitrogens with two attached hydrogens (primary N) is 1. The zero-order chi connectivity index (χ0) is 20.6. The van der Waals surface area contributed by atoms with Gasteiger partial charge in [0.05, 0.1) is 10.6 Å². The number of carbonyl (C=O) groups excluding carboxylic acids is 1. The number of rotatable bonds is 4. The van der Waals surface area contributed by atoms with Gasteiger partial charge in [0.1, 0.15) is 9.92 Å². The number of fused-ring (bicyclic) bond motifs is 2. The van der Waals surface area contributed by atoms with E-state index in [2.05, 4.69) is 9.68 Å². The van der Waals surface area contributed by atoms with Crippen molar-refractivity contribution >= 4 is 21.6 Å². The number of urea groups is 1. The SMILES string of the molecule is CN(C)Cc1ccc([S@@](N)(=O)=NC(=O)Nc2c3c(nc4c2CCC4)CCC3)cc1. The molecule has 0 fully saturated rings. The number of benzene rings is 1. The molecule has 7 nitrogen and oxygen atoms in total. The van der Waals surface area contributed by atoms with Crippen LogP contribution in [0.25, 0.3) is 0 Å². The Balaban J connectivity index is 1.59. The minimum absolute atomic E-state index is 0.348. The predicted octanol–water partition coefficient (Wildman–Crippen LogP) is 3.05. The van der Waals surface area contributed by atoms with Gasteiger partial charge in [-0.05, 0) is 81.4 Å². The van der Waals surface area contributed by atoms with Crippen molar-refractivity contribution in [3.8, 4) is 0 Å². The Morgan fingerprint density at radius 3 is 2.24 bits per heavy atom. The second kappa shape index (κ2) is 7.85. The van der Waals surface area contributed by atoms with Crippen molar-refractivity contribution in [3.63, 3.8) is 0 Å². The van der Waals surface area contributed by atoms with E-state index in [1.807, 2.05) is 31.1 Å². The van der Waals surface area contributed by atoms with E-state index >= 15 is 0 Å². The van der Waals surface area contributed by atoms with Gasteiger partial charge >= 0.3 is 6.03 Å². The van der Waals surface area contributed by atoms with E-state index in [1.165, 1.54) is 0 Å². The first-order valence-electron chi connectivity index (χ1n) is 9.96. The molecule has 2 amide bonds. The number of hydrogen-bond acceptors (Lipinski definition) is 4. The summed E-state index contributed by atoms with van der Waals surface area (Å²) in [5.74, 6) is 0. The molecule has 0 spiro atoms. The van der Waals surface area contributed by atoms with Gasteiger partial charge in [-0.1, -0.05) is 12.1 Å². The fourth-order valence-corrected chi connectivity index (χ4v) is 5.12. The van der Waals surface area contributed by atoms with Crippen molar-refractivity contribution in [2.45, 2.75) is 50.0 Å². The third kappa shape index (κ3) is 4.19. The maximum absolute atomic E-state index is 12.9. The van der Waals surface area contributed by atoms with Gasteiger partial charge in [-0.2, -0.15) is 0 Å². The average molecular weight is 414 g/mol. The molecule has 0 unspecified atom stereocenters. The number of nitrogens with zero attached hydrogens (tertiary/aromatic N) is 3. The highest BCUT2D eigenvalue weighted by Crippen LogP contribution is 2.36. The minimum Gasteiger partial charge on any atom is -0.305 e. The molecule has 1 aromatic carbocycles. The highest BCUT2D eigenvalue weighted by Gasteiger charge is 2.26. The second-order valence-corrected chi connectivity index (χ2v) is 9.81. The zero-order valence-corrected chi connectivity index (χ0v) is 17.7. The first-order chi connectivity index (χ1) is 13.8. The van der Waals surface area contributed by atoms with Gasteiger partial charge in [0.2, 0.25) is 0 Å². The summed E-state index contributed by atoms with van der Waals surface area (Å²) < 4.78 is 16.8. The summed E-state index contributed by atoms with van der Waals surface area (Å²) in [5.41, 5.74) is 6.25. The van der Waals surface area contributed by atoms with E-state index in [0.29, 0.717) is 4.90 Å². The van der Waals surface area contributed by atoms with Crippen LogP contribution in [0.5, 0.6) is 0 Å². The molecule has 0 saturated carbocycles. The third-order valence-corrected chi connectivity index (χ3v) is 6.85. The highest BCUT2D eigenvalue weighted by atomic mass is 32.2. The summed E-state index contributed by atoms with van der Waals surface area (Å²) >= 11 is 0. The lowest BCUT2D eigenvalue weighted by molar-refractivity contribution is 0.260. The molecule has 29 heavy (non-hydrogen) atoms. The van der Waals surface area contributed by atoms with Crippen LogP contribution in [0.1, 0.15) is 40.9 Å². The van der Waals surface area contributed by atoms with Gasteiger partial charge in [0.25, 0.3) is 0 Å². The Hall–Kier alpha value is -2.29. The first kappa shape index (κ1) is 20.0. The van der Waals surface area contributed by atoms with E-state index in [0.717, 1.165) is 78.8 Å². The Labute approximate surface area is 172 Å². The molecule has 2 aliphatic carbocycles. The van der Waals surface area contributed by atoms with Crippen molar-refractivity contribution in [2.75, 3.05) is 19.4 Å². The van der Waals surface area contributed by atoms with Crippen molar-refractivity contribution in [2.24, 2.45) is 9.50 Å². The lowest BCUT2D eigenvalue weighted by Gasteiger charge is -2.14. The predicted molar refractivity (Wildman–Crippen MR) is 114 cm³/mol. The number of anilines is 1. The van der Waals surface area contributed by atoms with Crippen LogP contribution in [0.15, 0.2) is 33.5 Å². The number of aromatic nitrogens is 1. The molecular formula is C21H27N5O2S. The fourth-order valence-electron chi connectivity index (χ4n) is 4.20. The lowest BCUT2D eigenvalue weighted by Crippen LogP contribution is -2.19. The number of carbonyl (C=O) groups is 1. The Morgan fingerprint density at radius 2 is 1.69 bits per heavy atom. The minimum atomic E-state index is -3.32. The molecule has 3 N–H and O–H groups in total. The topological polar surface area (TPSA) is 101 Å². The van der Waals surface area contributed by atoms with Crippen LogP contribution < -0.4 is 10.5 Å². The monoisotopic (exact) mass is 413 g/mol. The average Bonchev–Trinajstić information content (AvgIpc) is 3.30. The highest BCUT2D eigenvalue weighted by molar-refractivity contribution is 7.91. The molecule has 1 heterocycles. The summed E-state index contributed by atoms with van der Waals surface area (Å²) in [4.78, 5) is 19.8. The van der Waals surface area contributed by atoms with Crippen LogP contribution >= 0.6 is 0 Å². The van der Waals surface area contributed by atoms with E-state index < -0.39 is 15.9 Å². The molecule has 0 bridgehead atoms. The molecule has 1 aromatic heterocycles. The zero-order valence-electron chi connectivity index (χ0n) is 16.9. The quantitative estimate of drug-likeness (QED) is 0.804. The van der Waals surface area contributed by atoms with Crippen molar-refractivity contribution < 1.29 is 9.00 Å². The van der Waals surface area contributed by atoms with Crippen LogP contribution in [-0.2, 0) is 42.1 Å². The van der Waals surface area contributed by atoms with Crippen LogP contribution in [0.4, 0.5) is 10.5 Å². The van der Waals surface area contributed by atoms with E-state index in [1.54, 1.807) is 12.1 Å². The normalized spacial score (nSPS) is 17.0. The lowest BCUT2D eigenvalue weighted by atomic mass is 10.1. The number of pyridine rings is 1. The van der Waals surface area contributed by atoms with Crippen molar-refractivity contribution in [1.29, 1.82) is 0 Å². The summed E-state index contributed by atoms with van der Waals surface area (Å²) in [7, 11) is 0.638. The molecule has 0 aliphatic heterocycles. The number of nitrogens with one attached hydrogen (secondary N) is 1. The molecule has 0 saturated heterocycles. The Kier molecular flexibility index (Phi) is 5.42. The van der Waals surface area contributed by atoms with Crippen molar-refractivity contribution in [3.05, 3.63) is 52.3 Å². The van der Waals surface area contributed by atoms with Crippen LogP contribution in [0, 0.1) is 0 Å². The van der Waals surface area contributed by atoms with Crippen molar-refractivity contribution in [1.82, 2.24) is 9.88 Å². The molecule has 2 aromatic rings. The number of aryl methyl sites for hydroxylation is 2. The third-order valence-electron chi connectivity index (χ3n) is 5.46. The maximum atomic E-state index is 12.9. The number of amides is 2. The summed E-state index contributed by atoms with van der Waals surface area (Å²) in [6, 6.07) is 6.42. The molecule has 4 rings (SSSR count). The second-order valence-electron chi connectivity index (χ2n) is 8.02. The number of hydrogen-bond donors (Lipinski definition) is 2. The van der Waals surface area contributed by atoms with Gasteiger partial charge in [-0.25, -0.2) is 14.1 Å². The van der Waals surface area contributed by atoms with Gasteiger partial charge in [-0.3, -0.25) is 4.98 Å². The summed E-state index contributed by atoms with van der Waals surface area (Å²) in [5, 5.41) is 8.84. The van der Waals surface area contributed by atoms with Crippen LogP contribution in [-0.4, -0.2) is 34.2 Å². The first-order valence-corrected chi connectivity index (χ1v) is 11.5. The van der Waals surface area contributed by atoms with E-state index in [-0.39, 0.29) is 0 Å². The molecule has 1 atom stereocenters. The molecular weight excluding hydrogens is 386 g/mol. The summed E-state index contributed by atoms with van der Waals surface area (Å²) in [6.45, 7) is 0.766. The smallest absolute Gasteiger partial charge is 0.305 e. The molecule has 0 radical (unpaired) electrons. The van der Waals surface area contributed by atoms with Gasteiger partial charge in [-0.15, -0.1) is 4.36 Å². The molecule has 8 heteroatoms.